The maximum absolute atomic E-state index is 4.26. The van der Waals surface area contributed by atoms with Gasteiger partial charge in [-0.2, -0.15) is 0 Å². The zero-order chi connectivity index (χ0) is 8.55. The lowest BCUT2D eigenvalue weighted by atomic mass is 10.4. The lowest BCUT2D eigenvalue weighted by Crippen LogP contribution is -1.98. The monoisotopic (exact) mass is 161 g/mol. The summed E-state index contributed by atoms with van der Waals surface area (Å²) in [5.41, 5.74) is 1.93. The van der Waals surface area contributed by atoms with Crippen molar-refractivity contribution in [3.63, 3.8) is 0 Å². The Morgan fingerprint density at radius 2 is 2.17 bits per heavy atom. The fraction of sp³-hybridized carbons (Fsp3) is 0.333. The van der Waals surface area contributed by atoms with Crippen molar-refractivity contribution < 1.29 is 0 Å². The minimum atomic E-state index is 0.421. The Kier molecular flexibility index (Phi) is 1.57. The number of nitrogens with zero attached hydrogens (tertiary/aromatic N) is 3. The van der Waals surface area contributed by atoms with E-state index in [1.165, 1.54) is 0 Å². The highest BCUT2D eigenvalue weighted by molar-refractivity contribution is 5.70. The van der Waals surface area contributed by atoms with Crippen molar-refractivity contribution in [1.29, 1.82) is 0 Å². The molecular formula is C9H11N3. The molecule has 0 radical (unpaired) electrons. The molecule has 0 spiro atoms. The summed E-state index contributed by atoms with van der Waals surface area (Å²) in [4.78, 5) is 8.50. The van der Waals surface area contributed by atoms with Crippen LogP contribution in [0.25, 0.3) is 11.2 Å². The quantitative estimate of drug-likeness (QED) is 0.640. The van der Waals surface area contributed by atoms with Crippen LogP contribution in [0.4, 0.5) is 0 Å². The molecule has 3 heteroatoms. The molecular weight excluding hydrogens is 150 g/mol. The fourth-order valence-corrected chi connectivity index (χ4v) is 1.25. The molecule has 3 nitrogen and oxygen atoms in total. The van der Waals surface area contributed by atoms with Gasteiger partial charge in [0.1, 0.15) is 5.52 Å². The molecule has 0 unspecified atom stereocenters. The molecule has 0 aromatic carbocycles. The Morgan fingerprint density at radius 3 is 2.92 bits per heavy atom. The summed E-state index contributed by atoms with van der Waals surface area (Å²) in [6.45, 7) is 4.24. The smallest absolute Gasteiger partial charge is 0.160 e. The Labute approximate surface area is 71.1 Å². The van der Waals surface area contributed by atoms with Gasteiger partial charge in [-0.25, -0.2) is 9.97 Å². The van der Waals surface area contributed by atoms with Gasteiger partial charge in [0.2, 0.25) is 0 Å². The van der Waals surface area contributed by atoms with E-state index in [9.17, 15) is 0 Å². The zero-order valence-electron chi connectivity index (χ0n) is 7.23. The van der Waals surface area contributed by atoms with Crippen LogP contribution >= 0.6 is 0 Å². The number of aromatic nitrogens is 3. The molecule has 2 aromatic rings. The molecule has 12 heavy (non-hydrogen) atoms. The number of fused-ring (bicyclic) bond motifs is 1. The average Bonchev–Trinajstić information content (AvgIpc) is 2.47. The number of imidazole rings is 1. The minimum Gasteiger partial charge on any atom is -0.313 e. The average molecular weight is 161 g/mol. The number of hydrogen-bond donors (Lipinski definition) is 0. The van der Waals surface area contributed by atoms with Gasteiger partial charge in [-0.3, -0.25) is 0 Å². The van der Waals surface area contributed by atoms with E-state index in [1.807, 2.05) is 18.5 Å². The van der Waals surface area contributed by atoms with Crippen molar-refractivity contribution in [3.8, 4) is 0 Å². The maximum atomic E-state index is 4.26. The van der Waals surface area contributed by atoms with Gasteiger partial charge in [0.25, 0.3) is 0 Å². The third kappa shape index (κ3) is 0.978. The molecule has 0 N–H and O–H groups in total. The van der Waals surface area contributed by atoms with Crippen molar-refractivity contribution in [3.05, 3.63) is 24.7 Å². The van der Waals surface area contributed by atoms with Gasteiger partial charge in [-0.05, 0) is 26.0 Å². The first-order valence-electron chi connectivity index (χ1n) is 4.06. The molecule has 0 aliphatic carbocycles. The van der Waals surface area contributed by atoms with Crippen LogP contribution in [0.5, 0.6) is 0 Å². The molecule has 0 aliphatic rings. The maximum Gasteiger partial charge on any atom is 0.160 e. The second-order valence-electron chi connectivity index (χ2n) is 3.09. The molecule has 0 saturated heterocycles. The molecule has 0 bridgehead atoms. The topological polar surface area (TPSA) is 30.7 Å². The third-order valence-corrected chi connectivity index (χ3v) is 1.89. The highest BCUT2D eigenvalue weighted by Crippen LogP contribution is 2.13. The minimum absolute atomic E-state index is 0.421. The summed E-state index contributed by atoms with van der Waals surface area (Å²) >= 11 is 0. The molecule has 2 rings (SSSR count). The Hall–Kier alpha value is -1.38. The predicted molar refractivity (Wildman–Crippen MR) is 47.9 cm³/mol. The first kappa shape index (κ1) is 7.28. The van der Waals surface area contributed by atoms with Crippen LogP contribution in [0, 0.1) is 0 Å². The number of rotatable bonds is 1. The van der Waals surface area contributed by atoms with Gasteiger partial charge >= 0.3 is 0 Å². The van der Waals surface area contributed by atoms with Crippen LogP contribution in [-0.2, 0) is 0 Å². The van der Waals surface area contributed by atoms with E-state index >= 15 is 0 Å². The lowest BCUT2D eigenvalue weighted by molar-refractivity contribution is 0.613. The molecule has 0 atom stereocenters. The normalized spacial score (nSPS) is 11.2. The van der Waals surface area contributed by atoms with Crippen LogP contribution in [0.3, 0.4) is 0 Å². The zero-order valence-corrected chi connectivity index (χ0v) is 7.23. The first-order valence-corrected chi connectivity index (χ1v) is 4.06. The van der Waals surface area contributed by atoms with Crippen molar-refractivity contribution in [1.82, 2.24) is 14.5 Å². The van der Waals surface area contributed by atoms with Crippen molar-refractivity contribution in [2.24, 2.45) is 0 Å². The van der Waals surface area contributed by atoms with Gasteiger partial charge in [-0.15, -0.1) is 0 Å². The Balaban J connectivity index is 2.70. The summed E-state index contributed by atoms with van der Waals surface area (Å²) in [5.74, 6) is 0. The first-order chi connectivity index (χ1) is 5.79. The van der Waals surface area contributed by atoms with Crippen LogP contribution in [0.2, 0.25) is 0 Å². The molecule has 0 amide bonds. The second kappa shape index (κ2) is 2.59. The van der Waals surface area contributed by atoms with Gasteiger partial charge in [0, 0.05) is 12.2 Å². The number of pyridine rings is 1. The van der Waals surface area contributed by atoms with E-state index < -0.39 is 0 Å². The van der Waals surface area contributed by atoms with Gasteiger partial charge in [0.05, 0.1) is 6.33 Å². The molecule has 0 fully saturated rings. The van der Waals surface area contributed by atoms with Crippen LogP contribution in [-0.4, -0.2) is 14.5 Å². The Bertz CT molecular complexity index is 389. The molecule has 0 aliphatic heterocycles. The van der Waals surface area contributed by atoms with E-state index in [1.54, 1.807) is 6.20 Å². The van der Waals surface area contributed by atoms with Crippen molar-refractivity contribution >= 4 is 11.2 Å². The molecule has 62 valence electrons. The fourth-order valence-electron chi connectivity index (χ4n) is 1.25. The SMILES string of the molecule is CC(C)n1cnc2cccnc21. The summed E-state index contributed by atoms with van der Waals surface area (Å²) in [7, 11) is 0. The molecule has 2 aromatic heterocycles. The van der Waals surface area contributed by atoms with E-state index in [0.29, 0.717) is 6.04 Å². The Morgan fingerprint density at radius 1 is 1.33 bits per heavy atom. The van der Waals surface area contributed by atoms with E-state index in [0.717, 1.165) is 11.2 Å². The third-order valence-electron chi connectivity index (χ3n) is 1.89. The second-order valence-corrected chi connectivity index (χ2v) is 3.09. The van der Waals surface area contributed by atoms with E-state index in [2.05, 4.69) is 28.4 Å². The predicted octanol–water partition coefficient (Wildman–Crippen LogP) is 2.01. The standard InChI is InChI=1S/C9H11N3/c1-7(2)12-6-11-8-4-3-5-10-9(8)12/h3-7H,1-2H3. The highest BCUT2D eigenvalue weighted by Gasteiger charge is 2.04. The van der Waals surface area contributed by atoms with Crippen LogP contribution < -0.4 is 0 Å². The summed E-state index contributed by atoms with van der Waals surface area (Å²) in [6, 6.07) is 4.30. The summed E-state index contributed by atoms with van der Waals surface area (Å²) < 4.78 is 2.06. The van der Waals surface area contributed by atoms with E-state index in [-0.39, 0.29) is 0 Å². The van der Waals surface area contributed by atoms with Crippen LogP contribution in [0.1, 0.15) is 19.9 Å². The van der Waals surface area contributed by atoms with Gasteiger partial charge < -0.3 is 4.57 Å². The van der Waals surface area contributed by atoms with E-state index in [4.69, 9.17) is 0 Å². The van der Waals surface area contributed by atoms with Crippen molar-refractivity contribution in [2.45, 2.75) is 19.9 Å². The lowest BCUT2D eigenvalue weighted by Gasteiger charge is -2.05. The highest BCUT2D eigenvalue weighted by atomic mass is 15.1. The van der Waals surface area contributed by atoms with Crippen LogP contribution in [0.15, 0.2) is 24.7 Å². The largest absolute Gasteiger partial charge is 0.313 e. The number of hydrogen-bond acceptors (Lipinski definition) is 2. The molecule has 0 saturated carbocycles. The van der Waals surface area contributed by atoms with Gasteiger partial charge in [-0.1, -0.05) is 0 Å². The van der Waals surface area contributed by atoms with Crippen molar-refractivity contribution in [2.75, 3.05) is 0 Å². The molecule has 2 heterocycles. The van der Waals surface area contributed by atoms with Gasteiger partial charge in [0.15, 0.2) is 5.65 Å². The summed E-state index contributed by atoms with van der Waals surface area (Å²) in [6.07, 6.45) is 3.63. The summed E-state index contributed by atoms with van der Waals surface area (Å²) in [5, 5.41) is 0.